The summed E-state index contributed by atoms with van der Waals surface area (Å²) in [6.45, 7) is 2.27. The number of hydrogen-bond donors (Lipinski definition) is 1. The molecule has 24 heavy (non-hydrogen) atoms. The maximum absolute atomic E-state index is 9.47. The molecule has 2 rings (SSSR count). The molecular weight excluding hydrogens is 348 g/mol. The first-order chi connectivity index (χ1) is 11.2. The molecule has 1 aliphatic heterocycles. The normalized spacial score (nSPS) is 18.9. The third-order valence-corrected chi connectivity index (χ3v) is 4.75. The molecule has 1 N–H and O–H groups in total. The van der Waals surface area contributed by atoms with Crippen molar-refractivity contribution in [2.75, 3.05) is 0 Å². The molecule has 3 nitrogen and oxygen atoms in total. The summed E-state index contributed by atoms with van der Waals surface area (Å²) in [6, 6.07) is 7.93. The van der Waals surface area contributed by atoms with Gasteiger partial charge in [-0.25, -0.2) is 4.18 Å². The van der Waals surface area contributed by atoms with E-state index >= 15 is 0 Å². The number of rotatable bonds is 13. The Kier molecular flexibility index (Phi) is 12.1. The smallest absolute Gasteiger partial charge is 1.00 e. The fraction of sp³-hybridized carbons (Fsp3) is 0.684. The Bertz CT molecular complexity index is 445. The van der Waals surface area contributed by atoms with Gasteiger partial charge in [-0.15, -0.1) is 0 Å². The first-order valence-corrected chi connectivity index (χ1v) is 9.83. The number of benzene rings is 1. The predicted molar refractivity (Wildman–Crippen MR) is 104 cm³/mol. The zero-order valence-electron chi connectivity index (χ0n) is 17.0. The molecule has 0 aromatic heterocycles. The molecule has 1 aromatic carbocycles. The van der Waals surface area contributed by atoms with Crippen LogP contribution in [0.5, 0.6) is 5.75 Å². The molecule has 0 saturated carbocycles. The van der Waals surface area contributed by atoms with E-state index in [-0.39, 0.29) is 40.6 Å². The summed E-state index contributed by atoms with van der Waals surface area (Å²) >= 11 is 0.931. The zero-order valence-corrected chi connectivity index (χ0v) is 18.0. The van der Waals surface area contributed by atoms with Crippen LogP contribution in [0.1, 0.15) is 79.5 Å². The van der Waals surface area contributed by atoms with Crippen molar-refractivity contribution in [1.29, 1.82) is 0 Å². The number of aryl methyl sites for hydroxylation is 1. The molecule has 1 fully saturated rings. The van der Waals surface area contributed by atoms with Crippen LogP contribution in [-0.2, 0) is 10.6 Å². The van der Waals surface area contributed by atoms with E-state index in [2.05, 4.69) is 19.1 Å². The standard InChI is InChI=1S/C19H30O3S.Ca.2H/c1-2-3-4-5-6-7-8-9-10-11-12-17-13-15-18(16-14-17)21-19(20)22-23-19;;;/h13-16,20H,2-12H2,1H3;;;/q;+2;2*-1. The van der Waals surface area contributed by atoms with Crippen molar-refractivity contribution in [2.24, 2.45) is 0 Å². The van der Waals surface area contributed by atoms with Gasteiger partial charge in [0.05, 0.1) is 0 Å². The van der Waals surface area contributed by atoms with E-state index in [0.29, 0.717) is 5.75 Å². The topological polar surface area (TPSA) is 42.0 Å². The number of ether oxygens (including phenoxy) is 1. The van der Waals surface area contributed by atoms with Crippen molar-refractivity contribution in [3.05, 3.63) is 29.8 Å². The van der Waals surface area contributed by atoms with Crippen molar-refractivity contribution in [2.45, 2.75) is 82.9 Å². The van der Waals surface area contributed by atoms with E-state index in [9.17, 15) is 5.11 Å². The summed E-state index contributed by atoms with van der Waals surface area (Å²) in [7, 11) is 0. The Morgan fingerprint density at radius 3 is 1.96 bits per heavy atom. The minimum Gasteiger partial charge on any atom is -1.00 e. The maximum atomic E-state index is 9.47. The first kappa shape index (κ1) is 22.6. The van der Waals surface area contributed by atoms with Crippen LogP contribution in [0.15, 0.2) is 24.3 Å². The second-order valence-corrected chi connectivity index (χ2v) is 7.22. The first-order valence-electron chi connectivity index (χ1n) is 9.09. The quantitative estimate of drug-likeness (QED) is 0.158. The molecule has 0 bridgehead atoms. The van der Waals surface area contributed by atoms with Crippen LogP contribution in [0.25, 0.3) is 0 Å². The summed E-state index contributed by atoms with van der Waals surface area (Å²) in [4.78, 5) is 0. The Balaban J connectivity index is 0. The van der Waals surface area contributed by atoms with Gasteiger partial charge in [-0.1, -0.05) is 76.8 Å². The molecule has 1 saturated heterocycles. The van der Waals surface area contributed by atoms with Gasteiger partial charge in [0, 0.05) is 0 Å². The second kappa shape index (κ2) is 12.8. The van der Waals surface area contributed by atoms with Gasteiger partial charge in [-0.3, -0.25) is 0 Å². The molecule has 0 spiro atoms. The van der Waals surface area contributed by atoms with Gasteiger partial charge in [0.15, 0.2) is 0 Å². The van der Waals surface area contributed by atoms with E-state index in [1.807, 2.05) is 12.1 Å². The molecular formula is C19H32CaO3S. The van der Waals surface area contributed by atoms with Crippen LogP contribution < -0.4 is 4.74 Å². The van der Waals surface area contributed by atoms with Crippen LogP contribution in [0, 0.1) is 0 Å². The Labute approximate surface area is 184 Å². The zero-order chi connectivity index (χ0) is 16.4. The molecule has 1 unspecified atom stereocenters. The summed E-state index contributed by atoms with van der Waals surface area (Å²) in [5.41, 5.74) is 1.33. The van der Waals surface area contributed by atoms with Crippen LogP contribution in [-0.4, -0.2) is 48.1 Å². The predicted octanol–water partition coefficient (Wildman–Crippen LogP) is 5.66. The molecule has 5 heteroatoms. The van der Waals surface area contributed by atoms with Crippen LogP contribution in [0.4, 0.5) is 0 Å². The Hall–Kier alpha value is 0.550. The molecule has 0 radical (unpaired) electrons. The van der Waals surface area contributed by atoms with Gasteiger partial charge in [0.1, 0.15) is 17.8 Å². The molecule has 1 aliphatic rings. The molecule has 1 atom stereocenters. The molecule has 134 valence electrons. The Morgan fingerprint density at radius 2 is 1.46 bits per heavy atom. The number of hydrogen-bond acceptors (Lipinski definition) is 4. The number of unbranched alkanes of at least 4 members (excludes halogenated alkanes) is 9. The fourth-order valence-corrected chi connectivity index (χ4v) is 2.99. The van der Waals surface area contributed by atoms with E-state index in [0.717, 1.165) is 18.5 Å². The summed E-state index contributed by atoms with van der Waals surface area (Å²) in [6.07, 6.45) is 14.8. The largest absolute Gasteiger partial charge is 2.00 e. The van der Waals surface area contributed by atoms with Gasteiger partial charge in [0.2, 0.25) is 0 Å². The van der Waals surface area contributed by atoms with E-state index in [1.165, 1.54) is 69.8 Å². The van der Waals surface area contributed by atoms with Crippen molar-refractivity contribution in [1.82, 2.24) is 0 Å². The minimum absolute atomic E-state index is 0. The second-order valence-electron chi connectivity index (χ2n) is 6.37. The van der Waals surface area contributed by atoms with Crippen LogP contribution >= 0.6 is 12.0 Å². The van der Waals surface area contributed by atoms with Crippen molar-refractivity contribution in [3.63, 3.8) is 0 Å². The van der Waals surface area contributed by atoms with Gasteiger partial charge in [-0.2, -0.15) is 0 Å². The van der Waals surface area contributed by atoms with Gasteiger partial charge < -0.3 is 12.7 Å². The SMILES string of the molecule is CCCCCCCCCCCCc1ccc(OC2(O)OS2)cc1.[Ca+2].[H-].[H-]. The molecule has 1 heterocycles. The summed E-state index contributed by atoms with van der Waals surface area (Å²) in [5.74, 6) is 0.643. The Morgan fingerprint density at radius 1 is 0.958 bits per heavy atom. The molecule has 0 amide bonds. The molecule has 1 aromatic rings. The van der Waals surface area contributed by atoms with Crippen molar-refractivity contribution in [3.8, 4) is 5.75 Å². The number of aliphatic hydroxyl groups is 1. The van der Waals surface area contributed by atoms with E-state index in [4.69, 9.17) is 8.92 Å². The van der Waals surface area contributed by atoms with Crippen molar-refractivity contribution >= 4 is 49.8 Å². The summed E-state index contributed by atoms with van der Waals surface area (Å²) < 4.78 is 9.99. The van der Waals surface area contributed by atoms with E-state index < -0.39 is 5.31 Å². The third-order valence-electron chi connectivity index (χ3n) is 4.22. The van der Waals surface area contributed by atoms with E-state index in [1.54, 1.807) is 0 Å². The fourth-order valence-electron chi connectivity index (χ4n) is 2.76. The summed E-state index contributed by atoms with van der Waals surface area (Å²) in [5, 5.41) is 8.03. The molecule has 0 aliphatic carbocycles. The minimum atomic E-state index is -1.45. The third kappa shape index (κ3) is 9.88. The van der Waals surface area contributed by atoms with Gasteiger partial charge >= 0.3 is 43.0 Å². The monoisotopic (exact) mass is 380 g/mol. The average molecular weight is 381 g/mol. The van der Waals surface area contributed by atoms with Gasteiger partial charge in [-0.05, 0) is 30.5 Å². The average Bonchev–Trinajstić information content (AvgIpc) is 3.28. The van der Waals surface area contributed by atoms with Crippen molar-refractivity contribution < 1.29 is 16.9 Å². The maximum Gasteiger partial charge on any atom is 2.00 e. The van der Waals surface area contributed by atoms with Crippen LogP contribution in [0.3, 0.4) is 0 Å². The van der Waals surface area contributed by atoms with Crippen LogP contribution in [0.2, 0.25) is 0 Å². The van der Waals surface area contributed by atoms with Gasteiger partial charge in [0.25, 0.3) is 0 Å².